The highest BCUT2D eigenvalue weighted by molar-refractivity contribution is 6.39. The van der Waals surface area contributed by atoms with Gasteiger partial charge in [0.25, 0.3) is 0 Å². The van der Waals surface area contributed by atoms with Crippen LogP contribution in [0.15, 0.2) is 18.2 Å². The van der Waals surface area contributed by atoms with Crippen LogP contribution in [0.25, 0.3) is 6.08 Å². The van der Waals surface area contributed by atoms with E-state index in [1.807, 2.05) is 6.08 Å². The summed E-state index contributed by atoms with van der Waals surface area (Å²) in [5, 5.41) is 3.49. The predicted octanol–water partition coefficient (Wildman–Crippen LogP) is 2.72. The predicted molar refractivity (Wildman–Crippen MR) is 68.6 cm³/mol. The first-order valence-electron chi connectivity index (χ1n) is 4.66. The first-order chi connectivity index (χ1) is 7.50. The van der Waals surface area contributed by atoms with Gasteiger partial charge in [-0.05, 0) is 17.7 Å². The van der Waals surface area contributed by atoms with Crippen LogP contribution in [0.2, 0.25) is 10.0 Å². The number of rotatable bonds is 3. The Bertz CT molecular complexity index is 407. The highest BCUT2D eigenvalue weighted by Gasteiger charge is 2.02. The molecule has 1 amide bonds. The Morgan fingerprint density at radius 1 is 1.44 bits per heavy atom. The smallest absolute Gasteiger partial charge is 0.217 e. The molecule has 0 saturated carbocycles. The number of nitrogen functional groups attached to an aromatic ring is 1. The van der Waals surface area contributed by atoms with Crippen LogP contribution in [0.3, 0.4) is 0 Å². The van der Waals surface area contributed by atoms with Gasteiger partial charge in [-0.25, -0.2) is 0 Å². The van der Waals surface area contributed by atoms with Crippen LogP contribution in [0, 0.1) is 0 Å². The maximum absolute atomic E-state index is 10.6. The second-order valence-corrected chi connectivity index (χ2v) is 4.05. The molecule has 1 aromatic carbocycles. The Morgan fingerprint density at radius 3 is 2.50 bits per heavy atom. The van der Waals surface area contributed by atoms with Crippen molar-refractivity contribution in [1.82, 2.24) is 5.32 Å². The fourth-order valence-corrected chi connectivity index (χ4v) is 1.60. The average molecular weight is 259 g/mol. The zero-order chi connectivity index (χ0) is 12.1. The molecule has 3 nitrogen and oxygen atoms in total. The van der Waals surface area contributed by atoms with Gasteiger partial charge in [-0.1, -0.05) is 35.4 Å². The van der Waals surface area contributed by atoms with Gasteiger partial charge in [0.2, 0.25) is 5.91 Å². The zero-order valence-electron chi connectivity index (χ0n) is 8.76. The summed E-state index contributed by atoms with van der Waals surface area (Å²) in [6.45, 7) is 1.93. The average Bonchev–Trinajstić information content (AvgIpc) is 2.20. The first-order valence-corrected chi connectivity index (χ1v) is 5.42. The molecular formula is C11H12Cl2N2O. The third-order valence-corrected chi connectivity index (χ3v) is 2.51. The van der Waals surface area contributed by atoms with Crippen LogP contribution in [0.1, 0.15) is 12.5 Å². The largest absolute Gasteiger partial charge is 0.396 e. The molecule has 0 spiro atoms. The summed E-state index contributed by atoms with van der Waals surface area (Å²) >= 11 is 11.7. The molecule has 0 unspecified atom stereocenters. The van der Waals surface area contributed by atoms with E-state index in [9.17, 15) is 4.79 Å². The van der Waals surface area contributed by atoms with Crippen LogP contribution < -0.4 is 11.1 Å². The maximum atomic E-state index is 10.6. The minimum Gasteiger partial charge on any atom is -0.396 e. The lowest BCUT2D eigenvalue weighted by Gasteiger charge is -2.02. The summed E-state index contributed by atoms with van der Waals surface area (Å²) in [7, 11) is 0. The molecule has 5 heteroatoms. The third-order valence-electron chi connectivity index (χ3n) is 1.88. The van der Waals surface area contributed by atoms with Gasteiger partial charge in [-0.15, -0.1) is 0 Å². The standard InChI is InChI=1S/C11H12Cl2N2O/c1-7(16)15-4-2-3-8-5-9(12)11(14)10(13)6-8/h2-3,5-6H,4,14H2,1H3,(H,15,16). The fraction of sp³-hybridized carbons (Fsp3) is 0.182. The van der Waals surface area contributed by atoms with E-state index in [1.54, 1.807) is 18.2 Å². The quantitative estimate of drug-likeness (QED) is 0.820. The van der Waals surface area contributed by atoms with E-state index in [2.05, 4.69) is 5.32 Å². The fourth-order valence-electron chi connectivity index (χ4n) is 1.10. The number of hydrogen-bond donors (Lipinski definition) is 2. The normalized spacial score (nSPS) is 10.7. The van der Waals surface area contributed by atoms with E-state index in [1.165, 1.54) is 6.92 Å². The molecule has 1 aromatic rings. The number of carbonyl (C=O) groups excluding carboxylic acids is 1. The molecule has 86 valence electrons. The molecule has 0 aliphatic rings. The van der Waals surface area contributed by atoms with E-state index in [0.717, 1.165) is 5.56 Å². The number of amides is 1. The molecule has 0 atom stereocenters. The zero-order valence-corrected chi connectivity index (χ0v) is 10.3. The van der Waals surface area contributed by atoms with Gasteiger partial charge < -0.3 is 11.1 Å². The van der Waals surface area contributed by atoms with E-state index in [0.29, 0.717) is 22.3 Å². The van der Waals surface area contributed by atoms with E-state index < -0.39 is 0 Å². The van der Waals surface area contributed by atoms with Crippen molar-refractivity contribution >= 4 is 40.9 Å². The van der Waals surface area contributed by atoms with Gasteiger partial charge in [0.05, 0.1) is 15.7 Å². The Hall–Kier alpha value is -1.19. The van der Waals surface area contributed by atoms with Gasteiger partial charge in [-0.3, -0.25) is 4.79 Å². The Kier molecular flexibility index (Phi) is 4.65. The van der Waals surface area contributed by atoms with Gasteiger partial charge in [0.1, 0.15) is 0 Å². The van der Waals surface area contributed by atoms with E-state index in [4.69, 9.17) is 28.9 Å². The van der Waals surface area contributed by atoms with Gasteiger partial charge >= 0.3 is 0 Å². The van der Waals surface area contributed by atoms with Crippen LogP contribution in [-0.4, -0.2) is 12.5 Å². The highest BCUT2D eigenvalue weighted by Crippen LogP contribution is 2.29. The molecule has 0 aromatic heterocycles. The molecule has 16 heavy (non-hydrogen) atoms. The van der Waals surface area contributed by atoms with Crippen molar-refractivity contribution < 1.29 is 4.79 Å². The van der Waals surface area contributed by atoms with Gasteiger partial charge in [0, 0.05) is 13.5 Å². The van der Waals surface area contributed by atoms with Crippen molar-refractivity contribution in [2.24, 2.45) is 0 Å². The number of carbonyl (C=O) groups is 1. The molecule has 0 aliphatic carbocycles. The topological polar surface area (TPSA) is 55.1 Å². The molecule has 0 radical (unpaired) electrons. The minimum atomic E-state index is -0.0713. The number of anilines is 1. The van der Waals surface area contributed by atoms with Crippen molar-refractivity contribution in [1.29, 1.82) is 0 Å². The summed E-state index contributed by atoms with van der Waals surface area (Å²) in [5.74, 6) is -0.0713. The van der Waals surface area contributed by atoms with E-state index >= 15 is 0 Å². The number of hydrogen-bond acceptors (Lipinski definition) is 2. The summed E-state index contributed by atoms with van der Waals surface area (Å²) in [6, 6.07) is 3.43. The number of nitrogens with two attached hydrogens (primary N) is 1. The van der Waals surface area contributed by atoms with Gasteiger partial charge in [0.15, 0.2) is 0 Å². The van der Waals surface area contributed by atoms with Crippen LogP contribution in [0.5, 0.6) is 0 Å². The van der Waals surface area contributed by atoms with Crippen LogP contribution in [0.4, 0.5) is 5.69 Å². The Labute approximate surface area is 104 Å². The summed E-state index contributed by atoms with van der Waals surface area (Å²) in [4.78, 5) is 10.6. The Balaban J connectivity index is 2.71. The van der Waals surface area contributed by atoms with Crippen LogP contribution in [-0.2, 0) is 4.79 Å². The molecule has 0 heterocycles. The van der Waals surface area contributed by atoms with Crippen molar-refractivity contribution in [3.8, 4) is 0 Å². The maximum Gasteiger partial charge on any atom is 0.217 e. The monoisotopic (exact) mass is 258 g/mol. The second-order valence-electron chi connectivity index (χ2n) is 3.24. The molecule has 0 aliphatic heterocycles. The lowest BCUT2D eigenvalue weighted by molar-refractivity contribution is -0.118. The van der Waals surface area contributed by atoms with Crippen molar-refractivity contribution in [3.63, 3.8) is 0 Å². The second kappa shape index (κ2) is 5.77. The third kappa shape index (κ3) is 3.76. The van der Waals surface area contributed by atoms with Gasteiger partial charge in [-0.2, -0.15) is 0 Å². The minimum absolute atomic E-state index is 0.0713. The van der Waals surface area contributed by atoms with Crippen molar-refractivity contribution in [2.75, 3.05) is 12.3 Å². The molecule has 0 fully saturated rings. The number of halogens is 2. The van der Waals surface area contributed by atoms with Crippen molar-refractivity contribution in [3.05, 3.63) is 33.8 Å². The number of benzene rings is 1. The summed E-state index contributed by atoms with van der Waals surface area (Å²) in [5.41, 5.74) is 6.82. The summed E-state index contributed by atoms with van der Waals surface area (Å²) in [6.07, 6.45) is 3.62. The molecule has 3 N–H and O–H groups in total. The highest BCUT2D eigenvalue weighted by atomic mass is 35.5. The SMILES string of the molecule is CC(=O)NCC=Cc1cc(Cl)c(N)c(Cl)c1. The molecule has 0 saturated heterocycles. The lowest BCUT2D eigenvalue weighted by Crippen LogP contribution is -2.19. The van der Waals surface area contributed by atoms with E-state index in [-0.39, 0.29) is 5.91 Å². The molecule has 0 bridgehead atoms. The molecular weight excluding hydrogens is 247 g/mol. The first kappa shape index (κ1) is 12.9. The number of nitrogens with one attached hydrogen (secondary N) is 1. The molecule has 1 rings (SSSR count). The Morgan fingerprint density at radius 2 is 2.00 bits per heavy atom. The summed E-state index contributed by atoms with van der Waals surface area (Å²) < 4.78 is 0. The lowest BCUT2D eigenvalue weighted by atomic mass is 10.2. The van der Waals surface area contributed by atoms with Crippen LogP contribution >= 0.6 is 23.2 Å². The van der Waals surface area contributed by atoms with Crippen molar-refractivity contribution in [2.45, 2.75) is 6.92 Å².